The van der Waals surface area contributed by atoms with Crippen LogP contribution in [0.15, 0.2) is 52.1 Å². The van der Waals surface area contributed by atoms with Crippen LogP contribution >= 0.6 is 35.0 Å². The van der Waals surface area contributed by atoms with Gasteiger partial charge in [-0.15, -0.1) is 6.58 Å². The number of aromatic amines is 1. The highest BCUT2D eigenvalue weighted by molar-refractivity contribution is 7.99. The first kappa shape index (κ1) is 19.3. The van der Waals surface area contributed by atoms with Gasteiger partial charge in [0.05, 0.1) is 15.6 Å². The molecule has 1 aliphatic carbocycles. The van der Waals surface area contributed by atoms with Crippen molar-refractivity contribution < 1.29 is 4.79 Å². The molecular weight excluding hydrogens is 417 g/mol. The number of benzene rings is 1. The summed E-state index contributed by atoms with van der Waals surface area (Å²) >= 11 is 13.7. The monoisotopic (exact) mass is 433 g/mol. The number of nitrogens with one attached hydrogen (secondary N) is 2. The molecule has 1 unspecified atom stereocenters. The number of allylic oxidation sites excluding steroid dienone is 2. The molecule has 2 aromatic rings. The van der Waals surface area contributed by atoms with Crippen molar-refractivity contribution in [3.8, 4) is 0 Å². The Morgan fingerprint density at radius 3 is 2.82 bits per heavy atom. The summed E-state index contributed by atoms with van der Waals surface area (Å²) in [6, 6.07) is 5.21. The Morgan fingerprint density at radius 2 is 2.07 bits per heavy atom. The second-order valence-corrected chi connectivity index (χ2v) is 8.46. The van der Waals surface area contributed by atoms with E-state index in [-0.39, 0.29) is 11.3 Å². The van der Waals surface area contributed by atoms with Crippen molar-refractivity contribution in [2.75, 3.05) is 11.1 Å². The van der Waals surface area contributed by atoms with Crippen LogP contribution in [0.1, 0.15) is 36.3 Å². The van der Waals surface area contributed by atoms with Gasteiger partial charge in [-0.3, -0.25) is 9.59 Å². The van der Waals surface area contributed by atoms with Gasteiger partial charge in [0.1, 0.15) is 5.82 Å². The Morgan fingerprint density at radius 1 is 1.25 bits per heavy atom. The Labute approximate surface area is 176 Å². The van der Waals surface area contributed by atoms with E-state index in [0.717, 1.165) is 24.1 Å². The fourth-order valence-corrected chi connectivity index (χ4v) is 4.57. The van der Waals surface area contributed by atoms with E-state index in [4.69, 9.17) is 23.2 Å². The number of hydrogen-bond acceptors (Lipinski definition) is 5. The van der Waals surface area contributed by atoms with Crippen LogP contribution in [0.4, 0.5) is 5.82 Å². The summed E-state index contributed by atoms with van der Waals surface area (Å²) in [5, 5.41) is 4.56. The maximum atomic E-state index is 13.0. The van der Waals surface area contributed by atoms with Crippen molar-refractivity contribution in [3.63, 3.8) is 0 Å². The fourth-order valence-electron chi connectivity index (χ4n) is 3.67. The lowest BCUT2D eigenvalue weighted by Gasteiger charge is -2.32. The third-order valence-electron chi connectivity index (χ3n) is 4.85. The third kappa shape index (κ3) is 3.41. The number of rotatable bonds is 4. The maximum Gasteiger partial charge on any atom is 0.257 e. The zero-order valence-electron chi connectivity index (χ0n) is 14.9. The Balaban J connectivity index is 1.92. The van der Waals surface area contributed by atoms with Crippen LogP contribution in [0.25, 0.3) is 0 Å². The summed E-state index contributed by atoms with van der Waals surface area (Å²) in [7, 11) is 0. The Bertz CT molecular complexity index is 1080. The largest absolute Gasteiger partial charge is 0.343 e. The summed E-state index contributed by atoms with van der Waals surface area (Å²) < 4.78 is 0. The van der Waals surface area contributed by atoms with Gasteiger partial charge in [-0.1, -0.05) is 47.1 Å². The topological polar surface area (TPSA) is 74.8 Å². The second-order valence-electron chi connectivity index (χ2n) is 6.63. The zero-order chi connectivity index (χ0) is 19.8. The molecule has 0 radical (unpaired) electrons. The summed E-state index contributed by atoms with van der Waals surface area (Å²) in [6.45, 7) is 3.69. The van der Waals surface area contributed by atoms with Gasteiger partial charge in [0.2, 0.25) is 0 Å². The predicted molar refractivity (Wildman–Crippen MR) is 114 cm³/mol. The average molecular weight is 434 g/mol. The van der Waals surface area contributed by atoms with Crippen LogP contribution < -0.4 is 10.9 Å². The minimum absolute atomic E-state index is 0.0416. The first-order valence-corrected chi connectivity index (χ1v) is 10.6. The lowest BCUT2D eigenvalue weighted by molar-refractivity contribution is -0.116. The average Bonchev–Trinajstić information content (AvgIpc) is 2.67. The predicted octanol–water partition coefficient (Wildman–Crippen LogP) is 4.92. The summed E-state index contributed by atoms with van der Waals surface area (Å²) in [5.41, 5.74) is 2.35. The molecule has 0 amide bonds. The Kier molecular flexibility index (Phi) is 5.36. The standard InChI is InChI=1S/C20H17Cl2N3O2S/c1-2-8-28-20-24-18-17(19(27)25-20)15(10-6-7-11(21)12(22)9-10)16-13(23-18)4-3-5-14(16)26/h2,6-7,9,15H,1,3-5,8H2,(H2,23,24,25,27). The van der Waals surface area contributed by atoms with Crippen LogP contribution in [0, 0.1) is 0 Å². The van der Waals surface area contributed by atoms with Crippen molar-refractivity contribution in [3.05, 3.63) is 73.7 Å². The number of ketones is 1. The van der Waals surface area contributed by atoms with Gasteiger partial charge in [0.25, 0.3) is 5.56 Å². The zero-order valence-corrected chi connectivity index (χ0v) is 17.2. The van der Waals surface area contributed by atoms with Crippen LogP contribution in [0.2, 0.25) is 10.0 Å². The lowest BCUT2D eigenvalue weighted by Crippen LogP contribution is -2.32. The number of nitrogens with zero attached hydrogens (tertiary/aromatic N) is 1. The van der Waals surface area contributed by atoms with Gasteiger partial charge in [0.15, 0.2) is 10.9 Å². The molecule has 2 N–H and O–H groups in total. The molecule has 28 heavy (non-hydrogen) atoms. The highest BCUT2D eigenvalue weighted by atomic mass is 35.5. The number of hydrogen-bond donors (Lipinski definition) is 2. The lowest BCUT2D eigenvalue weighted by atomic mass is 9.76. The van der Waals surface area contributed by atoms with E-state index < -0.39 is 5.92 Å². The van der Waals surface area contributed by atoms with Gasteiger partial charge in [-0.25, -0.2) is 4.98 Å². The number of Topliss-reactive ketones (excluding diaryl/α,β-unsaturated/α-hetero) is 1. The molecule has 1 aromatic heterocycles. The van der Waals surface area contributed by atoms with Crippen molar-refractivity contribution in [2.24, 2.45) is 0 Å². The van der Waals surface area contributed by atoms with Gasteiger partial charge in [-0.2, -0.15) is 0 Å². The van der Waals surface area contributed by atoms with E-state index in [0.29, 0.717) is 44.3 Å². The SMILES string of the molecule is C=CCSc1nc2c(c(=O)[nH]1)C(c1ccc(Cl)c(Cl)c1)C1=C(CCCC1=O)N2. The molecule has 0 saturated heterocycles. The third-order valence-corrected chi connectivity index (χ3v) is 6.46. The van der Waals surface area contributed by atoms with E-state index in [2.05, 4.69) is 21.9 Å². The van der Waals surface area contributed by atoms with Crippen molar-refractivity contribution in [1.29, 1.82) is 0 Å². The van der Waals surface area contributed by atoms with Gasteiger partial charge in [-0.05, 0) is 30.5 Å². The highest BCUT2D eigenvalue weighted by Gasteiger charge is 2.38. The molecule has 4 rings (SSSR count). The molecule has 8 heteroatoms. The number of H-pyrrole nitrogens is 1. The van der Waals surface area contributed by atoms with Crippen LogP contribution in [0.5, 0.6) is 0 Å². The van der Waals surface area contributed by atoms with Crippen molar-refractivity contribution in [1.82, 2.24) is 9.97 Å². The fraction of sp³-hybridized carbons (Fsp3) is 0.250. The van der Waals surface area contributed by atoms with E-state index in [1.807, 2.05) is 0 Å². The number of anilines is 1. The van der Waals surface area contributed by atoms with Crippen LogP contribution in [-0.2, 0) is 4.79 Å². The minimum Gasteiger partial charge on any atom is -0.343 e. The molecule has 2 heterocycles. The number of carbonyl (C=O) groups is 1. The molecule has 0 spiro atoms. The summed E-state index contributed by atoms with van der Waals surface area (Å²) in [6.07, 6.45) is 3.72. The highest BCUT2D eigenvalue weighted by Crippen LogP contribution is 2.44. The second kappa shape index (κ2) is 7.78. The Hall–Kier alpha value is -2.02. The molecule has 0 bridgehead atoms. The van der Waals surface area contributed by atoms with Gasteiger partial charge >= 0.3 is 0 Å². The quantitative estimate of drug-likeness (QED) is 0.406. The number of thioether (sulfide) groups is 1. The minimum atomic E-state index is -0.525. The normalized spacial score (nSPS) is 18.4. The smallest absolute Gasteiger partial charge is 0.257 e. The molecular formula is C20H17Cl2N3O2S. The molecule has 0 fully saturated rings. The maximum absolute atomic E-state index is 13.0. The van der Waals surface area contributed by atoms with Gasteiger partial charge < -0.3 is 10.3 Å². The molecule has 5 nitrogen and oxygen atoms in total. The molecule has 1 atom stereocenters. The molecule has 0 saturated carbocycles. The van der Waals surface area contributed by atoms with Crippen LogP contribution in [0.3, 0.4) is 0 Å². The van der Waals surface area contributed by atoms with E-state index in [9.17, 15) is 9.59 Å². The summed E-state index contributed by atoms with van der Waals surface area (Å²) in [4.78, 5) is 33.2. The molecule has 1 aromatic carbocycles. The first-order chi connectivity index (χ1) is 13.5. The molecule has 2 aliphatic rings. The van der Waals surface area contributed by atoms with Gasteiger partial charge in [0, 0.05) is 29.4 Å². The molecule has 1 aliphatic heterocycles. The number of carbonyl (C=O) groups excluding carboxylic acids is 1. The van der Waals surface area contributed by atoms with E-state index >= 15 is 0 Å². The van der Waals surface area contributed by atoms with Crippen molar-refractivity contribution >= 4 is 46.6 Å². The van der Waals surface area contributed by atoms with E-state index in [1.54, 1.807) is 24.3 Å². The number of fused-ring (bicyclic) bond motifs is 1. The number of aromatic nitrogens is 2. The van der Waals surface area contributed by atoms with Crippen LogP contribution in [-0.4, -0.2) is 21.5 Å². The van der Waals surface area contributed by atoms with Crippen molar-refractivity contribution in [2.45, 2.75) is 30.3 Å². The number of halogens is 2. The van der Waals surface area contributed by atoms with E-state index in [1.165, 1.54) is 11.8 Å². The molecule has 144 valence electrons. The summed E-state index contributed by atoms with van der Waals surface area (Å²) in [5.74, 6) is 0.632. The first-order valence-electron chi connectivity index (χ1n) is 8.85.